The number of hydrogen-bond acceptors (Lipinski definition) is 2. The summed E-state index contributed by atoms with van der Waals surface area (Å²) >= 11 is 0. The molecule has 0 heterocycles. The zero-order chi connectivity index (χ0) is 9.19. The van der Waals surface area contributed by atoms with Gasteiger partial charge >= 0.3 is 7.60 Å². The van der Waals surface area contributed by atoms with E-state index >= 15 is 0 Å². The highest BCUT2D eigenvalue weighted by Crippen LogP contribution is 2.32. The molecule has 0 atom stereocenters. The third-order valence-electron chi connectivity index (χ3n) is 1.51. The van der Waals surface area contributed by atoms with E-state index in [1.165, 1.54) is 12.1 Å². The molecule has 0 fully saturated rings. The molecule has 1 rings (SSSR count). The normalized spacial score (nSPS) is 11.6. The van der Waals surface area contributed by atoms with Crippen LogP contribution in [0.4, 0.5) is 0 Å². The molecule has 0 aliphatic heterocycles. The summed E-state index contributed by atoms with van der Waals surface area (Å²) in [6.45, 7) is 0.376. The van der Waals surface area contributed by atoms with Crippen LogP contribution in [0, 0.1) is 0 Å². The van der Waals surface area contributed by atoms with Crippen molar-refractivity contribution < 1.29 is 14.4 Å². The lowest BCUT2D eigenvalue weighted by Crippen LogP contribution is -2.04. The molecule has 1 aromatic carbocycles. The van der Waals surface area contributed by atoms with Crippen LogP contribution in [0.3, 0.4) is 0 Å². The van der Waals surface area contributed by atoms with Crippen molar-refractivity contribution >= 4 is 12.9 Å². The van der Waals surface area contributed by atoms with E-state index in [0.29, 0.717) is 6.54 Å². The molecular weight excluding hydrogens is 177 g/mol. The van der Waals surface area contributed by atoms with Gasteiger partial charge in [0.2, 0.25) is 0 Å². The first-order chi connectivity index (χ1) is 5.54. The van der Waals surface area contributed by atoms with Crippen LogP contribution in [0.2, 0.25) is 0 Å². The van der Waals surface area contributed by atoms with Crippen LogP contribution in [-0.4, -0.2) is 9.79 Å². The summed E-state index contributed by atoms with van der Waals surface area (Å²) in [7, 11) is -4.09. The second kappa shape index (κ2) is 3.37. The molecule has 66 valence electrons. The van der Waals surface area contributed by atoms with Crippen molar-refractivity contribution in [1.82, 2.24) is 0 Å². The first-order valence-corrected chi connectivity index (χ1v) is 5.00. The van der Waals surface area contributed by atoms with E-state index in [1.54, 1.807) is 12.1 Å². The van der Waals surface area contributed by atoms with Crippen LogP contribution in [0.1, 0.15) is 5.56 Å². The van der Waals surface area contributed by atoms with E-state index in [2.05, 4.69) is 0 Å². The van der Waals surface area contributed by atoms with Crippen LogP contribution in [0.15, 0.2) is 24.3 Å². The van der Waals surface area contributed by atoms with Gasteiger partial charge in [0, 0.05) is 6.54 Å². The van der Waals surface area contributed by atoms with Gasteiger partial charge < -0.3 is 15.5 Å². The Morgan fingerprint density at radius 1 is 1.25 bits per heavy atom. The van der Waals surface area contributed by atoms with Gasteiger partial charge in [-0.15, -0.1) is 0 Å². The summed E-state index contributed by atoms with van der Waals surface area (Å²) in [6, 6.07) is 5.99. The molecule has 0 aliphatic carbocycles. The Bertz CT molecular complexity index is 303. The predicted molar refractivity (Wildman–Crippen MR) is 46.0 cm³/mol. The van der Waals surface area contributed by atoms with Crippen molar-refractivity contribution in [2.75, 3.05) is 0 Å². The zero-order valence-electron chi connectivity index (χ0n) is 6.34. The molecule has 0 bridgehead atoms. The van der Waals surface area contributed by atoms with Crippen molar-refractivity contribution in [2.45, 2.75) is 6.54 Å². The highest BCUT2D eigenvalue weighted by atomic mass is 31.2. The minimum Gasteiger partial charge on any atom is -0.326 e. The molecule has 0 radical (unpaired) electrons. The highest BCUT2D eigenvalue weighted by Gasteiger charge is 2.15. The lowest BCUT2D eigenvalue weighted by atomic mass is 10.2. The number of hydrogen-bond donors (Lipinski definition) is 3. The fourth-order valence-corrected chi connectivity index (χ4v) is 1.36. The Morgan fingerprint density at radius 2 is 1.75 bits per heavy atom. The smallest absolute Gasteiger partial charge is 0.326 e. The molecule has 0 saturated heterocycles. The fraction of sp³-hybridized carbons (Fsp3) is 0.143. The maximum Gasteiger partial charge on any atom is 0.356 e. The summed E-state index contributed by atoms with van der Waals surface area (Å²) in [5, 5.41) is 0.0275. The third-order valence-corrected chi connectivity index (χ3v) is 2.48. The first-order valence-electron chi connectivity index (χ1n) is 3.39. The average Bonchev–Trinajstić information content (AvgIpc) is 2.03. The quantitative estimate of drug-likeness (QED) is 0.567. The van der Waals surface area contributed by atoms with E-state index in [4.69, 9.17) is 15.5 Å². The van der Waals surface area contributed by atoms with Crippen LogP contribution in [0.25, 0.3) is 0 Å². The van der Waals surface area contributed by atoms with Crippen molar-refractivity contribution in [3.8, 4) is 0 Å². The molecule has 0 amide bonds. The summed E-state index contributed by atoms with van der Waals surface area (Å²) < 4.78 is 10.7. The summed E-state index contributed by atoms with van der Waals surface area (Å²) in [5.74, 6) is 0. The van der Waals surface area contributed by atoms with Crippen molar-refractivity contribution in [2.24, 2.45) is 5.73 Å². The molecule has 4 N–H and O–H groups in total. The van der Waals surface area contributed by atoms with Gasteiger partial charge in [0.1, 0.15) is 0 Å². The largest absolute Gasteiger partial charge is 0.356 e. The number of nitrogens with two attached hydrogens (primary N) is 1. The SMILES string of the molecule is NCc1ccc(P(=O)(O)O)cc1. The molecule has 0 unspecified atom stereocenters. The third kappa shape index (κ3) is 2.16. The molecule has 1 aromatic rings. The number of rotatable bonds is 2. The van der Waals surface area contributed by atoms with Crippen molar-refractivity contribution in [3.05, 3.63) is 29.8 Å². The molecular formula is C7H10NO3P. The van der Waals surface area contributed by atoms with Crippen molar-refractivity contribution in [1.29, 1.82) is 0 Å². The Balaban J connectivity index is 3.01. The maximum atomic E-state index is 10.7. The molecule has 0 saturated carbocycles. The fourth-order valence-electron chi connectivity index (χ4n) is 0.826. The summed E-state index contributed by atoms with van der Waals surface area (Å²) in [4.78, 5) is 17.5. The Morgan fingerprint density at radius 3 is 2.08 bits per heavy atom. The van der Waals surface area contributed by atoms with Crippen LogP contribution in [-0.2, 0) is 11.1 Å². The van der Waals surface area contributed by atoms with E-state index in [-0.39, 0.29) is 5.30 Å². The summed E-state index contributed by atoms with van der Waals surface area (Å²) in [5.41, 5.74) is 6.17. The van der Waals surface area contributed by atoms with E-state index in [9.17, 15) is 4.57 Å². The van der Waals surface area contributed by atoms with Crippen LogP contribution < -0.4 is 11.0 Å². The lowest BCUT2D eigenvalue weighted by molar-refractivity contribution is 0.387. The van der Waals surface area contributed by atoms with Gasteiger partial charge in [-0.3, -0.25) is 4.57 Å². The summed E-state index contributed by atoms with van der Waals surface area (Å²) in [6.07, 6.45) is 0. The molecule has 0 spiro atoms. The lowest BCUT2D eigenvalue weighted by Gasteiger charge is -2.03. The van der Waals surface area contributed by atoms with Gasteiger partial charge in [-0.1, -0.05) is 12.1 Å². The van der Waals surface area contributed by atoms with E-state index in [1.807, 2.05) is 0 Å². The molecule has 0 aliphatic rings. The standard InChI is InChI=1S/C7H10NO3P/c8-5-6-1-3-7(4-2-6)12(9,10)11/h1-4H,5,8H2,(H2,9,10,11). The highest BCUT2D eigenvalue weighted by molar-refractivity contribution is 7.60. The molecule has 12 heavy (non-hydrogen) atoms. The first kappa shape index (κ1) is 9.42. The minimum atomic E-state index is -4.09. The maximum absolute atomic E-state index is 10.7. The van der Waals surface area contributed by atoms with Crippen LogP contribution >= 0.6 is 7.60 Å². The second-order valence-electron chi connectivity index (χ2n) is 2.41. The van der Waals surface area contributed by atoms with Crippen molar-refractivity contribution in [3.63, 3.8) is 0 Å². The van der Waals surface area contributed by atoms with Gasteiger partial charge in [0.15, 0.2) is 0 Å². The van der Waals surface area contributed by atoms with Gasteiger partial charge in [0.25, 0.3) is 0 Å². The van der Waals surface area contributed by atoms with E-state index in [0.717, 1.165) is 5.56 Å². The monoisotopic (exact) mass is 187 g/mol. The molecule has 4 nitrogen and oxygen atoms in total. The van der Waals surface area contributed by atoms with E-state index < -0.39 is 7.60 Å². The zero-order valence-corrected chi connectivity index (χ0v) is 7.24. The van der Waals surface area contributed by atoms with Gasteiger partial charge in [-0.05, 0) is 17.7 Å². The second-order valence-corrected chi connectivity index (χ2v) is 4.02. The topological polar surface area (TPSA) is 83.6 Å². The minimum absolute atomic E-state index is 0.0275. The van der Waals surface area contributed by atoms with Gasteiger partial charge in [-0.25, -0.2) is 0 Å². The Kier molecular flexibility index (Phi) is 2.65. The van der Waals surface area contributed by atoms with Crippen LogP contribution in [0.5, 0.6) is 0 Å². The predicted octanol–water partition coefficient (Wildman–Crippen LogP) is -0.0517. The molecule has 0 aromatic heterocycles. The average molecular weight is 187 g/mol. The Hall–Kier alpha value is -0.670. The van der Waals surface area contributed by atoms with Gasteiger partial charge in [0.05, 0.1) is 5.30 Å². The van der Waals surface area contributed by atoms with Gasteiger partial charge in [-0.2, -0.15) is 0 Å². The molecule has 5 heteroatoms. The Labute approximate surface area is 70.2 Å². The number of benzene rings is 1.